The average Bonchev–Trinajstić information content (AvgIpc) is 3.08. The molecule has 0 aliphatic carbocycles. The number of nitrogens with one attached hydrogen (secondary N) is 1. The number of halogens is 2. The lowest BCUT2D eigenvalue weighted by Gasteiger charge is -2.37. The van der Waals surface area contributed by atoms with E-state index < -0.39 is 16.1 Å². The molecule has 1 fully saturated rings. The summed E-state index contributed by atoms with van der Waals surface area (Å²) < 4.78 is 29.1. The number of carbonyl (C=O) groups excluding carboxylic acids is 1. The number of nitrogens with zero attached hydrogens (tertiary/aromatic N) is 4. The molecule has 2 heterocycles. The van der Waals surface area contributed by atoms with Crippen LogP contribution in [0.5, 0.6) is 0 Å². The van der Waals surface area contributed by atoms with Crippen LogP contribution in [0.1, 0.15) is 49.2 Å². The predicted octanol–water partition coefficient (Wildman–Crippen LogP) is 5.19. The van der Waals surface area contributed by atoms with Crippen molar-refractivity contribution < 1.29 is 18.3 Å². The molecule has 228 valence electrons. The molecular weight excluding hydrogens is 597 g/mol. The van der Waals surface area contributed by atoms with Crippen molar-refractivity contribution in [3.63, 3.8) is 0 Å². The highest BCUT2D eigenvalue weighted by Gasteiger charge is 2.32. The van der Waals surface area contributed by atoms with Crippen molar-refractivity contribution in [2.45, 2.75) is 58.6 Å². The second-order valence-electron chi connectivity index (χ2n) is 11.7. The molecule has 9 nitrogen and oxygen atoms in total. The van der Waals surface area contributed by atoms with Gasteiger partial charge in [0.15, 0.2) is 0 Å². The molecule has 0 saturated carbocycles. The Morgan fingerprint density at radius 1 is 1.05 bits per heavy atom. The van der Waals surface area contributed by atoms with Gasteiger partial charge in [-0.15, -0.1) is 12.4 Å². The van der Waals surface area contributed by atoms with Crippen LogP contribution in [0.15, 0.2) is 53.4 Å². The maximum Gasteiger partial charge on any atom is 0.264 e. The van der Waals surface area contributed by atoms with E-state index in [-0.39, 0.29) is 57.9 Å². The highest BCUT2D eigenvalue weighted by molar-refractivity contribution is 7.92. The van der Waals surface area contributed by atoms with Crippen molar-refractivity contribution in [1.29, 1.82) is 0 Å². The zero-order valence-electron chi connectivity index (χ0n) is 24.8. The zero-order valence-corrected chi connectivity index (χ0v) is 27.1. The standard InChI is InChI=1S/C30H38ClN5O4S.ClH/c1-19-9-7-10-20(2)27(19)25-16-26(31)33-29(32-25)34-41(39,40)24-12-8-11-22(15-24)28(38)36-14-13-35(17-23(37)18-36)21(3)30(4,5)6;/h7-12,15-16,21,23,37H,13-14,17-18H2,1-6H3,(H,32,33,34);1H/t21?,23-;/m1./s1. The summed E-state index contributed by atoms with van der Waals surface area (Å²) in [6.07, 6.45) is -0.717. The second-order valence-corrected chi connectivity index (χ2v) is 13.8. The van der Waals surface area contributed by atoms with Gasteiger partial charge in [-0.2, -0.15) is 0 Å². The summed E-state index contributed by atoms with van der Waals surface area (Å²) >= 11 is 6.25. The Hall–Kier alpha value is -2.76. The molecule has 2 atom stereocenters. The Bertz CT molecular complexity index is 1520. The fourth-order valence-corrected chi connectivity index (χ4v) is 6.24. The van der Waals surface area contributed by atoms with E-state index in [2.05, 4.69) is 47.3 Å². The number of aromatic nitrogens is 2. The molecule has 42 heavy (non-hydrogen) atoms. The number of β-amino-alcohol motifs (C(OH)–C–C–N with tert-alkyl or cyclic N) is 1. The molecule has 1 saturated heterocycles. The number of benzene rings is 2. The van der Waals surface area contributed by atoms with Crippen molar-refractivity contribution in [2.75, 3.05) is 30.9 Å². The lowest BCUT2D eigenvalue weighted by atomic mass is 9.87. The van der Waals surface area contributed by atoms with Crippen LogP contribution < -0.4 is 4.72 Å². The van der Waals surface area contributed by atoms with Crippen LogP contribution >= 0.6 is 24.0 Å². The van der Waals surface area contributed by atoms with Gasteiger partial charge in [0.05, 0.1) is 16.7 Å². The Kier molecular flexibility index (Phi) is 10.7. The van der Waals surface area contributed by atoms with E-state index in [0.717, 1.165) is 16.7 Å². The predicted molar refractivity (Wildman–Crippen MR) is 169 cm³/mol. The minimum Gasteiger partial charge on any atom is -0.390 e. The lowest BCUT2D eigenvalue weighted by Crippen LogP contribution is -2.45. The number of amides is 1. The average molecular weight is 637 g/mol. The third-order valence-corrected chi connectivity index (χ3v) is 9.19. The number of sulfonamides is 1. The molecule has 1 amide bonds. The van der Waals surface area contributed by atoms with Gasteiger partial charge in [0.25, 0.3) is 15.9 Å². The highest BCUT2D eigenvalue weighted by Crippen LogP contribution is 2.29. The zero-order chi connectivity index (χ0) is 30.1. The van der Waals surface area contributed by atoms with Gasteiger partial charge in [-0.1, -0.05) is 56.6 Å². The summed E-state index contributed by atoms with van der Waals surface area (Å²) in [5.74, 6) is -0.515. The molecule has 1 aliphatic heterocycles. The van der Waals surface area contributed by atoms with E-state index in [1.54, 1.807) is 17.0 Å². The number of hydrogen-bond donors (Lipinski definition) is 2. The molecule has 0 spiro atoms. The van der Waals surface area contributed by atoms with Crippen LogP contribution in [0, 0.1) is 19.3 Å². The largest absolute Gasteiger partial charge is 0.390 e. The lowest BCUT2D eigenvalue weighted by molar-refractivity contribution is 0.0597. The van der Waals surface area contributed by atoms with Crippen LogP contribution in [0.25, 0.3) is 11.3 Å². The second kappa shape index (κ2) is 13.3. The summed E-state index contributed by atoms with van der Waals surface area (Å²) in [6, 6.07) is 13.4. The SMILES string of the molecule is Cc1cccc(C)c1-c1cc(Cl)nc(NS(=O)(=O)c2cccc(C(=O)N3CCN(C(C)C(C)(C)C)C[C@@H](O)C3)c2)n1.Cl. The molecule has 0 radical (unpaired) electrons. The van der Waals surface area contributed by atoms with Crippen LogP contribution in [0.2, 0.25) is 5.15 Å². The third-order valence-electron chi connectivity index (χ3n) is 7.67. The third kappa shape index (κ3) is 7.79. The van der Waals surface area contributed by atoms with E-state index in [1.165, 1.54) is 18.2 Å². The van der Waals surface area contributed by atoms with Gasteiger partial charge in [0.2, 0.25) is 5.95 Å². The van der Waals surface area contributed by atoms with E-state index in [1.807, 2.05) is 32.0 Å². The van der Waals surface area contributed by atoms with Gasteiger partial charge >= 0.3 is 0 Å². The molecule has 0 bridgehead atoms. The fraction of sp³-hybridized carbons (Fsp3) is 0.433. The Balaban J connectivity index is 0.00000484. The molecular formula is C30H39Cl2N5O4S. The number of aryl methyl sites for hydroxylation is 2. The van der Waals surface area contributed by atoms with E-state index in [9.17, 15) is 18.3 Å². The van der Waals surface area contributed by atoms with Crippen molar-refractivity contribution in [2.24, 2.45) is 5.41 Å². The molecule has 1 aromatic heterocycles. The Morgan fingerprint density at radius 3 is 2.33 bits per heavy atom. The van der Waals surface area contributed by atoms with Gasteiger partial charge < -0.3 is 10.0 Å². The number of aliphatic hydroxyl groups is 1. The minimum absolute atomic E-state index is 0. The number of rotatable bonds is 6. The summed E-state index contributed by atoms with van der Waals surface area (Å²) in [5, 5.41) is 10.8. The topological polar surface area (TPSA) is 116 Å². The number of anilines is 1. The number of hydrogen-bond acceptors (Lipinski definition) is 7. The molecule has 12 heteroatoms. The first-order valence-corrected chi connectivity index (χ1v) is 15.5. The van der Waals surface area contributed by atoms with E-state index >= 15 is 0 Å². The Morgan fingerprint density at radius 2 is 1.69 bits per heavy atom. The first-order valence-electron chi connectivity index (χ1n) is 13.6. The molecule has 1 aliphatic rings. The maximum atomic E-state index is 13.5. The summed E-state index contributed by atoms with van der Waals surface area (Å²) in [7, 11) is -4.15. The first-order chi connectivity index (χ1) is 19.2. The molecule has 1 unspecified atom stereocenters. The summed E-state index contributed by atoms with van der Waals surface area (Å²) in [5.41, 5.74) is 3.50. The smallest absolute Gasteiger partial charge is 0.264 e. The van der Waals surface area contributed by atoms with Crippen molar-refractivity contribution >= 4 is 45.9 Å². The fourth-order valence-electron chi connectivity index (χ4n) is 5.07. The van der Waals surface area contributed by atoms with Crippen molar-refractivity contribution in [3.8, 4) is 11.3 Å². The quantitative estimate of drug-likeness (QED) is 0.358. The Labute approximate surface area is 259 Å². The van der Waals surface area contributed by atoms with Gasteiger partial charge in [0.1, 0.15) is 5.15 Å². The van der Waals surface area contributed by atoms with E-state index in [0.29, 0.717) is 25.3 Å². The first kappa shape index (κ1) is 33.7. The molecule has 3 aromatic rings. The van der Waals surface area contributed by atoms with Crippen molar-refractivity contribution in [3.05, 3.63) is 70.4 Å². The van der Waals surface area contributed by atoms with Crippen LogP contribution in [0.4, 0.5) is 5.95 Å². The normalized spacial score (nSPS) is 17.2. The van der Waals surface area contributed by atoms with Gasteiger partial charge in [-0.3, -0.25) is 9.69 Å². The molecule has 2 N–H and O–H groups in total. The van der Waals surface area contributed by atoms with Gasteiger partial charge in [-0.25, -0.2) is 23.1 Å². The summed E-state index contributed by atoms with van der Waals surface area (Å²) in [4.78, 5) is 25.6. The van der Waals surface area contributed by atoms with E-state index in [4.69, 9.17) is 11.6 Å². The van der Waals surface area contributed by atoms with Crippen molar-refractivity contribution in [1.82, 2.24) is 19.8 Å². The number of carbonyl (C=O) groups is 1. The molecule has 4 rings (SSSR count). The van der Waals surface area contributed by atoms with Gasteiger partial charge in [0, 0.05) is 49.4 Å². The van der Waals surface area contributed by atoms with Gasteiger partial charge in [-0.05, 0) is 55.5 Å². The maximum absolute atomic E-state index is 13.5. The monoisotopic (exact) mass is 635 g/mol. The van der Waals surface area contributed by atoms with Crippen LogP contribution in [-0.4, -0.2) is 77.5 Å². The van der Waals surface area contributed by atoms with Crippen LogP contribution in [0.3, 0.4) is 0 Å². The highest BCUT2D eigenvalue weighted by atomic mass is 35.5. The van der Waals surface area contributed by atoms with Crippen LogP contribution in [-0.2, 0) is 10.0 Å². The molecule has 2 aromatic carbocycles. The minimum atomic E-state index is -4.15. The number of aliphatic hydroxyl groups excluding tert-OH is 1. The summed E-state index contributed by atoms with van der Waals surface area (Å²) in [6.45, 7) is 14.1.